The molecule has 0 bridgehead atoms. The van der Waals surface area contributed by atoms with Gasteiger partial charge in [-0.15, -0.1) is 0 Å². The molecule has 7 atom stereocenters. The molecule has 0 aromatic carbocycles. The van der Waals surface area contributed by atoms with Crippen molar-refractivity contribution < 1.29 is 19.7 Å². The monoisotopic (exact) mass is 390 g/mol. The zero-order valence-corrected chi connectivity index (χ0v) is 17.7. The predicted molar refractivity (Wildman–Crippen MR) is 108 cm³/mol. The van der Waals surface area contributed by atoms with Gasteiger partial charge in [-0.2, -0.15) is 0 Å². The van der Waals surface area contributed by atoms with Crippen LogP contribution in [0.5, 0.6) is 0 Å². The van der Waals surface area contributed by atoms with Crippen molar-refractivity contribution in [3.63, 3.8) is 0 Å². The van der Waals surface area contributed by atoms with Gasteiger partial charge < -0.3 is 14.9 Å². The Morgan fingerprint density at radius 1 is 1.14 bits per heavy atom. The minimum atomic E-state index is -0.231. The molecular formula is C24H38O4. The van der Waals surface area contributed by atoms with E-state index in [0.717, 1.165) is 51.4 Å². The van der Waals surface area contributed by atoms with E-state index in [1.54, 1.807) is 0 Å². The molecule has 28 heavy (non-hydrogen) atoms. The number of hydrogen-bond donors (Lipinski definition) is 2. The SMILES string of the molecule is C[C@]12CC/C(=C/CCCOCO)CC1C(O)CC1C2CC[C@]2(C)C(=O)CCC12. The lowest BCUT2D eigenvalue weighted by Gasteiger charge is -2.61. The molecule has 4 saturated carbocycles. The van der Waals surface area contributed by atoms with Gasteiger partial charge in [0.2, 0.25) is 0 Å². The summed E-state index contributed by atoms with van der Waals surface area (Å²) in [6.45, 7) is 5.07. The van der Waals surface area contributed by atoms with Gasteiger partial charge in [0.1, 0.15) is 12.6 Å². The van der Waals surface area contributed by atoms with Crippen LogP contribution in [0.4, 0.5) is 0 Å². The summed E-state index contributed by atoms with van der Waals surface area (Å²) >= 11 is 0. The number of carbonyl (C=O) groups excluding carboxylic acids is 1. The molecule has 0 saturated heterocycles. The Balaban J connectivity index is 1.47. The highest BCUT2D eigenvalue weighted by Crippen LogP contribution is 2.65. The number of aliphatic hydroxyl groups excluding tert-OH is 2. The molecule has 0 amide bonds. The fourth-order valence-electron chi connectivity index (χ4n) is 7.66. The van der Waals surface area contributed by atoms with E-state index in [2.05, 4.69) is 19.9 Å². The van der Waals surface area contributed by atoms with Gasteiger partial charge in [-0.05, 0) is 86.9 Å². The molecule has 0 aromatic heterocycles. The third-order valence-electron chi connectivity index (χ3n) is 9.30. The van der Waals surface area contributed by atoms with Crippen molar-refractivity contribution in [2.75, 3.05) is 13.4 Å². The third kappa shape index (κ3) is 3.30. The second-order valence-corrected chi connectivity index (χ2v) is 10.5. The van der Waals surface area contributed by atoms with E-state index < -0.39 is 0 Å². The van der Waals surface area contributed by atoms with E-state index >= 15 is 0 Å². The summed E-state index contributed by atoms with van der Waals surface area (Å²) in [6, 6.07) is 0. The molecule has 4 aliphatic carbocycles. The molecule has 0 heterocycles. The maximum Gasteiger partial charge on any atom is 0.143 e. The molecule has 4 rings (SSSR count). The lowest BCUT2D eigenvalue weighted by atomic mass is 9.44. The van der Waals surface area contributed by atoms with Crippen LogP contribution in [0, 0.1) is 34.5 Å². The third-order valence-corrected chi connectivity index (χ3v) is 9.30. The molecule has 0 radical (unpaired) electrons. The summed E-state index contributed by atoms with van der Waals surface area (Å²) in [5, 5.41) is 19.9. The van der Waals surface area contributed by atoms with Crippen molar-refractivity contribution in [1.82, 2.24) is 0 Å². The van der Waals surface area contributed by atoms with Crippen molar-refractivity contribution in [2.45, 2.75) is 84.2 Å². The van der Waals surface area contributed by atoms with Crippen LogP contribution in [0.1, 0.15) is 78.1 Å². The molecule has 5 unspecified atom stereocenters. The Kier molecular flexibility index (Phi) is 5.76. The Bertz CT molecular complexity index is 628. The van der Waals surface area contributed by atoms with Crippen molar-refractivity contribution in [3.05, 3.63) is 11.6 Å². The van der Waals surface area contributed by atoms with Gasteiger partial charge in [0.25, 0.3) is 0 Å². The number of rotatable bonds is 5. The first kappa shape index (κ1) is 20.6. The van der Waals surface area contributed by atoms with Gasteiger partial charge in [-0.25, -0.2) is 0 Å². The largest absolute Gasteiger partial charge is 0.393 e. The number of ketones is 1. The Morgan fingerprint density at radius 2 is 1.96 bits per heavy atom. The molecule has 4 heteroatoms. The molecule has 2 N–H and O–H groups in total. The van der Waals surface area contributed by atoms with Crippen molar-refractivity contribution in [1.29, 1.82) is 0 Å². The maximum absolute atomic E-state index is 12.6. The summed E-state index contributed by atoms with van der Waals surface area (Å²) in [4.78, 5) is 12.6. The first-order valence-corrected chi connectivity index (χ1v) is 11.5. The number of aliphatic hydroxyl groups is 2. The number of hydrogen-bond acceptors (Lipinski definition) is 4. The van der Waals surface area contributed by atoms with Crippen molar-refractivity contribution in [2.24, 2.45) is 34.5 Å². The van der Waals surface area contributed by atoms with E-state index in [9.17, 15) is 9.90 Å². The smallest absolute Gasteiger partial charge is 0.143 e. The molecular weight excluding hydrogens is 352 g/mol. The normalized spacial score (nSPS) is 46.9. The topological polar surface area (TPSA) is 66.8 Å². The highest BCUT2D eigenvalue weighted by molar-refractivity contribution is 5.87. The minimum absolute atomic E-state index is 0.111. The average Bonchev–Trinajstić information content (AvgIpc) is 2.98. The number of unbranched alkanes of at least 4 members (excludes halogenated alkanes) is 1. The Morgan fingerprint density at radius 3 is 2.75 bits per heavy atom. The number of fused-ring (bicyclic) bond motifs is 5. The molecule has 158 valence electrons. The molecule has 0 aromatic rings. The molecule has 4 aliphatic rings. The molecule has 4 nitrogen and oxygen atoms in total. The highest BCUT2D eigenvalue weighted by Gasteiger charge is 2.61. The van der Waals surface area contributed by atoms with Crippen LogP contribution in [0.15, 0.2) is 11.6 Å². The molecule has 0 aliphatic heterocycles. The summed E-state index contributed by atoms with van der Waals surface area (Å²) in [5.74, 6) is 2.54. The van der Waals surface area contributed by atoms with Gasteiger partial charge in [-0.1, -0.05) is 25.5 Å². The lowest BCUT2D eigenvalue weighted by molar-refractivity contribution is -0.155. The summed E-state index contributed by atoms with van der Waals surface area (Å²) in [5.41, 5.74) is 1.60. The lowest BCUT2D eigenvalue weighted by Crippen LogP contribution is -2.57. The highest BCUT2D eigenvalue weighted by atomic mass is 16.6. The van der Waals surface area contributed by atoms with Crippen molar-refractivity contribution in [3.8, 4) is 0 Å². The molecule has 4 fully saturated rings. The van der Waals surface area contributed by atoms with Crippen LogP contribution in [-0.4, -0.2) is 35.5 Å². The predicted octanol–water partition coefficient (Wildman–Crippen LogP) is 4.24. The first-order chi connectivity index (χ1) is 13.4. The summed E-state index contributed by atoms with van der Waals surface area (Å²) in [6.07, 6.45) is 12.3. The van der Waals surface area contributed by atoms with Crippen molar-refractivity contribution >= 4 is 5.78 Å². The van der Waals surface area contributed by atoms with Crippen LogP contribution >= 0.6 is 0 Å². The van der Waals surface area contributed by atoms with E-state index in [4.69, 9.17) is 9.84 Å². The van der Waals surface area contributed by atoms with Gasteiger partial charge in [0.15, 0.2) is 0 Å². The van der Waals surface area contributed by atoms with Gasteiger partial charge >= 0.3 is 0 Å². The number of ether oxygens (including phenoxy) is 1. The van der Waals surface area contributed by atoms with E-state index in [1.165, 1.54) is 18.4 Å². The standard InChI is InChI=1S/C24H38O4/c1-23-10-8-16(5-3-4-12-28-15-25)13-20(23)21(26)14-17-18-6-7-22(27)24(18,2)11-9-19(17)23/h5,17-21,25-26H,3-4,6-15H2,1-2H3/b16-5-/t17?,18?,19?,20?,21?,23-,24+/m1/s1. The van der Waals surface area contributed by atoms with Gasteiger partial charge in [0, 0.05) is 18.4 Å². The Hall–Kier alpha value is -0.710. The van der Waals surface area contributed by atoms with Crippen LogP contribution in [0.25, 0.3) is 0 Å². The number of allylic oxidation sites excluding steroid dienone is 2. The molecule has 0 spiro atoms. The second-order valence-electron chi connectivity index (χ2n) is 10.5. The number of carbonyl (C=O) groups is 1. The quantitative estimate of drug-likeness (QED) is 0.419. The zero-order valence-electron chi connectivity index (χ0n) is 17.7. The zero-order chi connectivity index (χ0) is 19.9. The average molecular weight is 391 g/mol. The van der Waals surface area contributed by atoms with Gasteiger partial charge in [-0.3, -0.25) is 4.79 Å². The van der Waals surface area contributed by atoms with Gasteiger partial charge in [0.05, 0.1) is 6.10 Å². The summed E-state index contributed by atoms with van der Waals surface area (Å²) in [7, 11) is 0. The van der Waals surface area contributed by atoms with Crippen LogP contribution in [0.2, 0.25) is 0 Å². The maximum atomic E-state index is 12.6. The minimum Gasteiger partial charge on any atom is -0.393 e. The van der Waals surface area contributed by atoms with Crippen LogP contribution in [-0.2, 0) is 9.53 Å². The van der Waals surface area contributed by atoms with E-state index in [-0.39, 0.29) is 23.7 Å². The summed E-state index contributed by atoms with van der Waals surface area (Å²) < 4.78 is 5.01. The number of Topliss-reactive ketones (excluding diaryl/α,β-unsaturated/α-hetero) is 1. The fourth-order valence-corrected chi connectivity index (χ4v) is 7.66. The van der Waals surface area contributed by atoms with E-state index in [0.29, 0.717) is 36.1 Å². The van der Waals surface area contributed by atoms with Crippen LogP contribution < -0.4 is 0 Å². The second kappa shape index (κ2) is 7.85. The van der Waals surface area contributed by atoms with E-state index in [1.807, 2.05) is 0 Å². The first-order valence-electron chi connectivity index (χ1n) is 11.5. The Labute approximate surface area is 169 Å². The fraction of sp³-hybridized carbons (Fsp3) is 0.875. The van der Waals surface area contributed by atoms with Crippen LogP contribution in [0.3, 0.4) is 0 Å².